The van der Waals surface area contributed by atoms with Crippen molar-refractivity contribution in [2.24, 2.45) is 4.99 Å². The highest BCUT2D eigenvalue weighted by Crippen LogP contribution is 2.21. The highest BCUT2D eigenvalue weighted by molar-refractivity contribution is 5.98. The van der Waals surface area contributed by atoms with Crippen molar-refractivity contribution in [2.45, 2.75) is 43.8 Å². The zero-order valence-corrected chi connectivity index (χ0v) is 16.7. The minimum Gasteiger partial charge on any atom is -0.385 e. The van der Waals surface area contributed by atoms with Crippen LogP contribution in [0, 0.1) is 5.41 Å². The number of fused-ring (bicyclic) bond motifs is 1. The van der Waals surface area contributed by atoms with Crippen molar-refractivity contribution in [3.8, 4) is 0 Å². The number of likely N-dealkylation sites (tertiary alicyclic amines) is 1. The molecule has 0 aromatic heterocycles. The second-order valence-electron chi connectivity index (χ2n) is 8.08. The molecular weight excluding hydrogens is 366 g/mol. The number of dihydropyridines is 2. The molecule has 0 aromatic carbocycles. The monoisotopic (exact) mass is 395 g/mol. The number of carbonyl (C=O) groups is 1. The quantitative estimate of drug-likeness (QED) is 0.438. The molecular formula is C21H29N7O. The standard InChI is InChI=1S/C21H29N7O/c1-28-12-17(13-28)23-11-15(9-22)14-8-19-18(24-10-14)6-7-20(26-19)27-21(29)25-16-4-2-3-5-16/h6-11,16-17,19,22-23,26H,2-5,12-13H2,1H3,(H2,25,27,29)/b15-11+,22-9?. The first-order valence-electron chi connectivity index (χ1n) is 10.3. The van der Waals surface area contributed by atoms with Crippen LogP contribution in [0.4, 0.5) is 4.79 Å². The molecule has 1 aliphatic carbocycles. The lowest BCUT2D eigenvalue weighted by molar-refractivity contribution is 0.173. The van der Waals surface area contributed by atoms with Crippen LogP contribution in [0.1, 0.15) is 25.7 Å². The third-order valence-corrected chi connectivity index (χ3v) is 5.72. The number of carbonyl (C=O) groups excluding carboxylic acids is 1. The van der Waals surface area contributed by atoms with Gasteiger partial charge >= 0.3 is 6.03 Å². The summed E-state index contributed by atoms with van der Waals surface area (Å²) in [6, 6.07) is 0.390. The maximum atomic E-state index is 12.2. The van der Waals surface area contributed by atoms with Crippen LogP contribution in [0.3, 0.4) is 0 Å². The van der Waals surface area contributed by atoms with Gasteiger partial charge in [0.25, 0.3) is 0 Å². The maximum absolute atomic E-state index is 12.2. The molecule has 3 heterocycles. The molecule has 1 saturated heterocycles. The van der Waals surface area contributed by atoms with Gasteiger partial charge in [-0.05, 0) is 38.1 Å². The minimum absolute atomic E-state index is 0.139. The van der Waals surface area contributed by atoms with Crippen molar-refractivity contribution in [3.63, 3.8) is 0 Å². The average Bonchev–Trinajstić information content (AvgIpc) is 3.19. The number of rotatable bonds is 6. The average molecular weight is 396 g/mol. The summed E-state index contributed by atoms with van der Waals surface area (Å²) in [6.07, 6.45) is 15.3. The summed E-state index contributed by atoms with van der Waals surface area (Å²) < 4.78 is 0. The molecule has 29 heavy (non-hydrogen) atoms. The second kappa shape index (κ2) is 8.65. The molecule has 154 valence electrons. The Morgan fingerprint density at radius 3 is 2.79 bits per heavy atom. The fourth-order valence-electron chi connectivity index (χ4n) is 4.06. The predicted octanol–water partition coefficient (Wildman–Crippen LogP) is 1.37. The summed E-state index contributed by atoms with van der Waals surface area (Å²) in [4.78, 5) is 19.0. The van der Waals surface area contributed by atoms with E-state index in [0.717, 1.165) is 42.8 Å². The molecule has 1 atom stereocenters. The van der Waals surface area contributed by atoms with Crippen molar-refractivity contribution in [3.05, 3.63) is 47.1 Å². The van der Waals surface area contributed by atoms with Crippen LogP contribution in [-0.2, 0) is 0 Å². The Morgan fingerprint density at radius 1 is 1.28 bits per heavy atom. The van der Waals surface area contributed by atoms with Crippen LogP contribution >= 0.6 is 0 Å². The number of aliphatic imine (C=N–C) groups is 1. The van der Waals surface area contributed by atoms with Crippen LogP contribution in [0.15, 0.2) is 52.1 Å². The van der Waals surface area contributed by atoms with Crippen LogP contribution < -0.4 is 21.3 Å². The minimum atomic E-state index is -0.175. The molecule has 5 N–H and O–H groups in total. The predicted molar refractivity (Wildman–Crippen MR) is 115 cm³/mol. The largest absolute Gasteiger partial charge is 0.385 e. The van der Waals surface area contributed by atoms with Gasteiger partial charge in [0.15, 0.2) is 0 Å². The Kier molecular flexibility index (Phi) is 5.80. The van der Waals surface area contributed by atoms with Crippen molar-refractivity contribution in [1.82, 2.24) is 26.2 Å². The van der Waals surface area contributed by atoms with Gasteiger partial charge in [-0.25, -0.2) is 4.79 Å². The summed E-state index contributed by atoms with van der Waals surface area (Å²) in [7, 11) is 2.09. The number of allylic oxidation sites excluding steroid dienone is 4. The fraction of sp³-hybridized carbons (Fsp3) is 0.476. The van der Waals surface area contributed by atoms with Crippen molar-refractivity contribution < 1.29 is 4.79 Å². The first-order chi connectivity index (χ1) is 14.1. The summed E-state index contributed by atoms with van der Waals surface area (Å²) in [6.45, 7) is 2.02. The molecule has 3 aliphatic heterocycles. The SMILES string of the molecule is CN1CC(N/C=C(\C=N)C2=CC3NC(NC(=O)NC4CCCC4)=CC=C3N=C2)C1. The number of likely N-dealkylation sites (N-methyl/N-ethyl adjacent to an activating group) is 1. The van der Waals surface area contributed by atoms with Gasteiger partial charge in [-0.15, -0.1) is 0 Å². The highest BCUT2D eigenvalue weighted by atomic mass is 16.2. The zero-order chi connectivity index (χ0) is 20.2. The van der Waals surface area contributed by atoms with Crippen LogP contribution in [0.5, 0.6) is 0 Å². The van der Waals surface area contributed by atoms with E-state index in [0.29, 0.717) is 11.9 Å². The third-order valence-electron chi connectivity index (χ3n) is 5.72. The Morgan fingerprint density at radius 2 is 2.07 bits per heavy atom. The van der Waals surface area contributed by atoms with E-state index in [1.807, 2.05) is 24.4 Å². The molecule has 0 bridgehead atoms. The van der Waals surface area contributed by atoms with Crippen molar-refractivity contribution >= 4 is 18.5 Å². The first kappa shape index (κ1) is 19.4. The highest BCUT2D eigenvalue weighted by Gasteiger charge is 2.24. The van der Waals surface area contributed by atoms with Gasteiger partial charge in [0.2, 0.25) is 0 Å². The van der Waals surface area contributed by atoms with Gasteiger partial charge < -0.3 is 26.3 Å². The lowest BCUT2D eigenvalue weighted by Crippen LogP contribution is -2.54. The van der Waals surface area contributed by atoms with Crippen molar-refractivity contribution in [1.29, 1.82) is 5.41 Å². The molecule has 8 heteroatoms. The number of hydrogen-bond donors (Lipinski definition) is 5. The Bertz CT molecular complexity index is 811. The Labute approximate surface area is 171 Å². The van der Waals surface area contributed by atoms with Gasteiger partial charge in [0, 0.05) is 48.9 Å². The Hall–Kier alpha value is -2.87. The van der Waals surface area contributed by atoms with E-state index in [2.05, 4.69) is 38.2 Å². The van der Waals surface area contributed by atoms with Crippen LogP contribution in [-0.4, -0.2) is 61.6 Å². The molecule has 4 rings (SSSR count). The molecule has 8 nitrogen and oxygen atoms in total. The van der Waals surface area contributed by atoms with E-state index in [9.17, 15) is 4.79 Å². The van der Waals surface area contributed by atoms with E-state index in [1.165, 1.54) is 19.1 Å². The molecule has 1 saturated carbocycles. The first-order valence-corrected chi connectivity index (χ1v) is 10.3. The van der Waals surface area contributed by atoms with Crippen LogP contribution in [0.25, 0.3) is 0 Å². The normalized spacial score (nSPS) is 25.1. The van der Waals surface area contributed by atoms with Gasteiger partial charge in [0.05, 0.1) is 17.8 Å². The molecule has 4 aliphatic rings. The van der Waals surface area contributed by atoms with Gasteiger partial charge in [-0.2, -0.15) is 0 Å². The summed E-state index contributed by atoms with van der Waals surface area (Å²) in [5.41, 5.74) is 2.55. The van der Waals surface area contributed by atoms with E-state index < -0.39 is 0 Å². The second-order valence-corrected chi connectivity index (χ2v) is 8.08. The number of hydrogen-bond acceptors (Lipinski definition) is 6. The molecule has 1 unspecified atom stereocenters. The van der Waals surface area contributed by atoms with E-state index in [4.69, 9.17) is 5.41 Å². The molecule has 0 spiro atoms. The number of amides is 2. The van der Waals surface area contributed by atoms with E-state index in [1.54, 1.807) is 6.21 Å². The Balaban J connectivity index is 1.36. The zero-order valence-electron chi connectivity index (χ0n) is 16.7. The molecule has 2 fully saturated rings. The van der Waals surface area contributed by atoms with Gasteiger partial charge in [-0.1, -0.05) is 12.8 Å². The smallest absolute Gasteiger partial charge is 0.320 e. The lowest BCUT2D eigenvalue weighted by Gasteiger charge is -2.36. The van der Waals surface area contributed by atoms with E-state index >= 15 is 0 Å². The fourth-order valence-corrected chi connectivity index (χ4v) is 4.06. The molecule has 2 amide bonds. The van der Waals surface area contributed by atoms with Gasteiger partial charge in [0.1, 0.15) is 5.82 Å². The lowest BCUT2D eigenvalue weighted by atomic mass is 9.99. The summed E-state index contributed by atoms with van der Waals surface area (Å²) in [5, 5.41) is 20.4. The number of nitrogens with zero attached hydrogens (tertiary/aromatic N) is 2. The van der Waals surface area contributed by atoms with Crippen LogP contribution in [0.2, 0.25) is 0 Å². The molecule has 0 radical (unpaired) electrons. The molecule has 0 aromatic rings. The van der Waals surface area contributed by atoms with Crippen molar-refractivity contribution in [2.75, 3.05) is 20.1 Å². The topological polar surface area (TPSA) is 105 Å². The summed E-state index contributed by atoms with van der Waals surface area (Å²) >= 11 is 0. The summed E-state index contributed by atoms with van der Waals surface area (Å²) in [5.74, 6) is 0.651. The maximum Gasteiger partial charge on any atom is 0.320 e. The van der Waals surface area contributed by atoms with E-state index in [-0.39, 0.29) is 18.1 Å². The number of urea groups is 1. The van der Waals surface area contributed by atoms with Gasteiger partial charge in [-0.3, -0.25) is 10.3 Å². The number of nitrogens with one attached hydrogen (secondary N) is 5. The third kappa shape index (κ3) is 4.76.